The van der Waals surface area contributed by atoms with E-state index in [0.717, 1.165) is 24.1 Å². The predicted molar refractivity (Wildman–Crippen MR) is 85.3 cm³/mol. The number of hydrogen-bond acceptors (Lipinski definition) is 2. The molecular formula is C15H19Cl2FN2. The Balaban J connectivity index is 0.00000180. The second-order valence-corrected chi connectivity index (χ2v) is 4.23. The standard InChI is InChI=1S/C15H17FN2.2ClH/c1-2-9-18-15(13-4-3-10-17-11-13)12-5-7-14(16)8-6-12;;/h3-8,10-11,15,18H,2,9H2,1H3;2*1H. The first-order valence-electron chi connectivity index (χ1n) is 6.20. The molecule has 2 nitrogen and oxygen atoms in total. The highest BCUT2D eigenvalue weighted by molar-refractivity contribution is 5.85. The molecule has 110 valence electrons. The third-order valence-corrected chi connectivity index (χ3v) is 2.82. The molecular weight excluding hydrogens is 298 g/mol. The summed E-state index contributed by atoms with van der Waals surface area (Å²) in [5.74, 6) is -0.209. The number of hydrogen-bond donors (Lipinski definition) is 1. The van der Waals surface area contributed by atoms with Gasteiger partial charge >= 0.3 is 0 Å². The molecule has 1 unspecified atom stereocenters. The van der Waals surface area contributed by atoms with E-state index in [1.165, 1.54) is 12.1 Å². The van der Waals surface area contributed by atoms with E-state index in [9.17, 15) is 4.39 Å². The predicted octanol–water partition coefficient (Wildman–Crippen LogP) is 4.15. The van der Waals surface area contributed by atoms with Gasteiger partial charge in [-0.1, -0.05) is 25.1 Å². The summed E-state index contributed by atoms with van der Waals surface area (Å²) < 4.78 is 13.0. The van der Waals surface area contributed by atoms with E-state index in [1.807, 2.05) is 30.5 Å². The van der Waals surface area contributed by atoms with Gasteiger partial charge in [0, 0.05) is 12.4 Å². The Morgan fingerprint density at radius 2 is 1.80 bits per heavy atom. The second kappa shape index (κ2) is 9.70. The molecule has 0 fully saturated rings. The van der Waals surface area contributed by atoms with E-state index in [0.29, 0.717) is 0 Å². The van der Waals surface area contributed by atoms with Crippen LogP contribution in [0.4, 0.5) is 4.39 Å². The molecule has 0 saturated carbocycles. The number of benzene rings is 1. The normalized spacial score (nSPS) is 11.1. The number of pyridine rings is 1. The molecule has 1 atom stereocenters. The van der Waals surface area contributed by atoms with Crippen LogP contribution < -0.4 is 5.32 Å². The monoisotopic (exact) mass is 316 g/mol. The SMILES string of the molecule is CCCNC(c1ccc(F)cc1)c1cccnc1.Cl.Cl. The van der Waals surface area contributed by atoms with Gasteiger partial charge in [-0.3, -0.25) is 4.98 Å². The Kier molecular flexibility index (Phi) is 9.14. The van der Waals surface area contributed by atoms with Crippen molar-refractivity contribution in [2.75, 3.05) is 6.54 Å². The fourth-order valence-electron chi connectivity index (χ4n) is 1.92. The molecule has 1 heterocycles. The molecule has 0 aliphatic carbocycles. The van der Waals surface area contributed by atoms with Crippen molar-refractivity contribution in [1.82, 2.24) is 10.3 Å². The summed E-state index contributed by atoms with van der Waals surface area (Å²) in [4.78, 5) is 4.14. The first-order chi connectivity index (χ1) is 8.81. The van der Waals surface area contributed by atoms with Crippen molar-refractivity contribution in [2.24, 2.45) is 0 Å². The highest BCUT2D eigenvalue weighted by Gasteiger charge is 2.12. The lowest BCUT2D eigenvalue weighted by molar-refractivity contribution is 0.591. The molecule has 1 aromatic carbocycles. The molecule has 0 radical (unpaired) electrons. The highest BCUT2D eigenvalue weighted by atomic mass is 35.5. The smallest absolute Gasteiger partial charge is 0.123 e. The quantitative estimate of drug-likeness (QED) is 0.896. The van der Waals surface area contributed by atoms with Gasteiger partial charge in [0.2, 0.25) is 0 Å². The van der Waals surface area contributed by atoms with Crippen molar-refractivity contribution in [3.05, 3.63) is 65.7 Å². The number of nitrogens with one attached hydrogen (secondary N) is 1. The van der Waals surface area contributed by atoms with Crippen molar-refractivity contribution < 1.29 is 4.39 Å². The molecule has 2 rings (SSSR count). The van der Waals surface area contributed by atoms with Crippen LogP contribution in [0.2, 0.25) is 0 Å². The summed E-state index contributed by atoms with van der Waals surface area (Å²) in [5, 5.41) is 3.46. The van der Waals surface area contributed by atoms with E-state index in [2.05, 4.69) is 17.2 Å². The second-order valence-electron chi connectivity index (χ2n) is 4.23. The van der Waals surface area contributed by atoms with Crippen molar-refractivity contribution >= 4 is 24.8 Å². The van der Waals surface area contributed by atoms with E-state index in [1.54, 1.807) is 6.20 Å². The van der Waals surface area contributed by atoms with Crippen LogP contribution in [0, 0.1) is 5.82 Å². The molecule has 2 aromatic rings. The zero-order valence-corrected chi connectivity index (χ0v) is 12.9. The first-order valence-corrected chi connectivity index (χ1v) is 6.20. The molecule has 1 N–H and O–H groups in total. The largest absolute Gasteiger partial charge is 0.306 e. The third kappa shape index (κ3) is 5.08. The van der Waals surface area contributed by atoms with Crippen molar-refractivity contribution in [1.29, 1.82) is 0 Å². The number of halogens is 3. The summed E-state index contributed by atoms with van der Waals surface area (Å²) in [7, 11) is 0. The van der Waals surface area contributed by atoms with E-state index in [-0.39, 0.29) is 36.7 Å². The molecule has 1 aromatic heterocycles. The first kappa shape index (κ1) is 18.8. The molecule has 0 amide bonds. The van der Waals surface area contributed by atoms with Crippen LogP contribution in [-0.4, -0.2) is 11.5 Å². The molecule has 5 heteroatoms. The van der Waals surface area contributed by atoms with E-state index in [4.69, 9.17) is 0 Å². The maximum Gasteiger partial charge on any atom is 0.123 e. The number of rotatable bonds is 5. The van der Waals surface area contributed by atoms with Gasteiger partial charge in [0.25, 0.3) is 0 Å². The fraction of sp³-hybridized carbons (Fsp3) is 0.267. The minimum atomic E-state index is -0.209. The van der Waals surface area contributed by atoms with Crippen molar-refractivity contribution in [2.45, 2.75) is 19.4 Å². The minimum Gasteiger partial charge on any atom is -0.306 e. The fourth-order valence-corrected chi connectivity index (χ4v) is 1.92. The van der Waals surface area contributed by atoms with Crippen molar-refractivity contribution in [3.8, 4) is 0 Å². The Morgan fingerprint density at radius 1 is 1.10 bits per heavy atom. The number of aromatic nitrogens is 1. The van der Waals surface area contributed by atoms with Crippen LogP contribution in [0.1, 0.15) is 30.5 Å². The van der Waals surface area contributed by atoms with Crippen LogP contribution >= 0.6 is 24.8 Å². The van der Waals surface area contributed by atoms with Crippen LogP contribution in [0.15, 0.2) is 48.8 Å². The molecule has 0 saturated heterocycles. The molecule has 20 heavy (non-hydrogen) atoms. The zero-order chi connectivity index (χ0) is 12.8. The number of nitrogens with zero attached hydrogens (tertiary/aromatic N) is 1. The van der Waals surface area contributed by atoms with Gasteiger partial charge in [-0.25, -0.2) is 4.39 Å². The average molecular weight is 317 g/mol. The van der Waals surface area contributed by atoms with Crippen LogP contribution in [0.25, 0.3) is 0 Å². The average Bonchev–Trinajstić information content (AvgIpc) is 2.42. The molecule has 0 aliphatic heterocycles. The van der Waals surface area contributed by atoms with Gasteiger partial charge in [-0.2, -0.15) is 0 Å². The Hall–Kier alpha value is -1.16. The van der Waals surface area contributed by atoms with Gasteiger partial charge in [0.05, 0.1) is 6.04 Å². The van der Waals surface area contributed by atoms with Crippen LogP contribution in [0.5, 0.6) is 0 Å². The Labute approximate surface area is 131 Å². The minimum absolute atomic E-state index is 0. The summed E-state index contributed by atoms with van der Waals surface area (Å²) in [5.41, 5.74) is 2.15. The lowest BCUT2D eigenvalue weighted by Gasteiger charge is -2.19. The van der Waals surface area contributed by atoms with Gasteiger partial charge in [-0.15, -0.1) is 24.8 Å². The Morgan fingerprint density at radius 3 is 2.35 bits per heavy atom. The zero-order valence-electron chi connectivity index (χ0n) is 11.3. The van der Waals surface area contributed by atoms with Crippen LogP contribution in [-0.2, 0) is 0 Å². The molecule has 0 aliphatic rings. The van der Waals surface area contributed by atoms with Crippen LogP contribution in [0.3, 0.4) is 0 Å². The van der Waals surface area contributed by atoms with Gasteiger partial charge in [-0.05, 0) is 42.3 Å². The van der Waals surface area contributed by atoms with Gasteiger partial charge < -0.3 is 5.32 Å². The topological polar surface area (TPSA) is 24.9 Å². The third-order valence-electron chi connectivity index (χ3n) is 2.82. The maximum absolute atomic E-state index is 13.0. The van der Waals surface area contributed by atoms with E-state index >= 15 is 0 Å². The molecule has 0 spiro atoms. The summed E-state index contributed by atoms with van der Waals surface area (Å²) in [6.45, 7) is 3.04. The van der Waals surface area contributed by atoms with Gasteiger partial charge in [0.15, 0.2) is 0 Å². The summed E-state index contributed by atoms with van der Waals surface area (Å²) >= 11 is 0. The highest BCUT2D eigenvalue weighted by Crippen LogP contribution is 2.21. The van der Waals surface area contributed by atoms with Crippen molar-refractivity contribution in [3.63, 3.8) is 0 Å². The summed E-state index contributed by atoms with van der Waals surface area (Å²) in [6, 6.07) is 10.6. The lowest BCUT2D eigenvalue weighted by Crippen LogP contribution is -2.23. The lowest BCUT2D eigenvalue weighted by atomic mass is 10.00. The summed E-state index contributed by atoms with van der Waals surface area (Å²) in [6.07, 6.45) is 4.65. The van der Waals surface area contributed by atoms with Gasteiger partial charge in [0.1, 0.15) is 5.82 Å². The molecule has 0 bridgehead atoms. The maximum atomic E-state index is 13.0. The van der Waals surface area contributed by atoms with E-state index < -0.39 is 0 Å². The Bertz CT molecular complexity index is 477.